The van der Waals surface area contributed by atoms with E-state index in [1.165, 1.54) is 34.7 Å². The van der Waals surface area contributed by atoms with Crippen LogP contribution in [0.4, 0.5) is 0 Å². The van der Waals surface area contributed by atoms with Gasteiger partial charge in [-0.3, -0.25) is 14.7 Å². The monoisotopic (exact) mass is 432 g/mol. The quantitative estimate of drug-likeness (QED) is 0.487. The summed E-state index contributed by atoms with van der Waals surface area (Å²) in [6.07, 6.45) is 5.58. The molecule has 5 rings (SSSR count). The van der Waals surface area contributed by atoms with Gasteiger partial charge in [-0.2, -0.15) is 0 Å². The van der Waals surface area contributed by atoms with Crippen molar-refractivity contribution in [1.29, 1.82) is 0 Å². The average molecular weight is 433 g/mol. The van der Waals surface area contributed by atoms with Gasteiger partial charge in [-0.25, -0.2) is 0 Å². The molecule has 0 amide bonds. The molecule has 0 N–H and O–H groups in total. The van der Waals surface area contributed by atoms with Gasteiger partial charge in [0.2, 0.25) is 0 Å². The van der Waals surface area contributed by atoms with Crippen molar-refractivity contribution in [1.82, 2.24) is 9.88 Å². The predicted octanol–water partition coefficient (Wildman–Crippen LogP) is 5.43. The Morgan fingerprint density at radius 1 is 1.23 bits per heavy atom. The molecule has 31 heavy (non-hydrogen) atoms. The van der Waals surface area contributed by atoms with Crippen molar-refractivity contribution in [2.75, 3.05) is 20.2 Å². The van der Waals surface area contributed by atoms with Crippen LogP contribution in [0, 0.1) is 19.8 Å². The van der Waals surface area contributed by atoms with Crippen molar-refractivity contribution in [3.05, 3.63) is 69.4 Å². The molecule has 1 aromatic carbocycles. The van der Waals surface area contributed by atoms with Gasteiger partial charge in [-0.1, -0.05) is 0 Å². The van der Waals surface area contributed by atoms with Crippen molar-refractivity contribution in [2.45, 2.75) is 39.7 Å². The number of carbonyl (C=O) groups is 1. The molecule has 0 unspecified atom stereocenters. The number of nitrogens with zero attached hydrogens (tertiary/aromatic N) is 2. The normalized spacial score (nSPS) is 16.2. The van der Waals surface area contributed by atoms with Crippen LogP contribution in [0.2, 0.25) is 0 Å². The number of benzene rings is 1. The van der Waals surface area contributed by atoms with Crippen LogP contribution in [0.3, 0.4) is 0 Å². The number of rotatable bonds is 6. The van der Waals surface area contributed by atoms with E-state index in [2.05, 4.69) is 22.0 Å². The smallest absolute Gasteiger partial charge is 0.194 e. The summed E-state index contributed by atoms with van der Waals surface area (Å²) >= 11 is 1.86. The van der Waals surface area contributed by atoms with Gasteiger partial charge in [-0.05, 0) is 80.5 Å². The van der Waals surface area contributed by atoms with E-state index in [-0.39, 0.29) is 5.78 Å². The Bertz CT molecular complexity index is 1130. The number of aryl methyl sites for hydroxylation is 1. The first-order valence-corrected chi connectivity index (χ1v) is 11.8. The van der Waals surface area contributed by atoms with E-state index in [9.17, 15) is 4.79 Å². The van der Waals surface area contributed by atoms with Crippen molar-refractivity contribution in [3.63, 3.8) is 0 Å². The summed E-state index contributed by atoms with van der Waals surface area (Å²) in [6, 6.07) is 10.1. The molecule has 0 radical (unpaired) electrons. The topological polar surface area (TPSA) is 42.4 Å². The van der Waals surface area contributed by atoms with Crippen molar-refractivity contribution in [2.24, 2.45) is 5.92 Å². The molecule has 1 fully saturated rings. The summed E-state index contributed by atoms with van der Waals surface area (Å²) in [5.41, 5.74) is 5.56. The Kier molecular flexibility index (Phi) is 5.40. The first-order chi connectivity index (χ1) is 15.0. The summed E-state index contributed by atoms with van der Waals surface area (Å²) in [5.74, 6) is 1.66. The van der Waals surface area contributed by atoms with Crippen molar-refractivity contribution >= 4 is 17.1 Å². The molecule has 0 atom stereocenters. The third-order valence-corrected chi connectivity index (χ3v) is 7.73. The number of fused-ring (bicyclic) bond motifs is 1. The maximum Gasteiger partial charge on any atom is 0.194 e. The minimum absolute atomic E-state index is 0.0120. The number of aromatic nitrogens is 1. The van der Waals surface area contributed by atoms with Crippen LogP contribution in [0.1, 0.15) is 50.5 Å². The lowest BCUT2D eigenvalue weighted by molar-refractivity contribution is 0.103. The van der Waals surface area contributed by atoms with Crippen LogP contribution in [0.25, 0.3) is 10.4 Å². The predicted molar refractivity (Wildman–Crippen MR) is 125 cm³/mol. The lowest BCUT2D eigenvalue weighted by atomic mass is 9.96. The summed E-state index contributed by atoms with van der Waals surface area (Å²) in [4.78, 5) is 22.9. The molecular weight excluding hydrogens is 404 g/mol. The summed E-state index contributed by atoms with van der Waals surface area (Å²) in [7, 11) is 1.67. The number of pyridine rings is 1. The van der Waals surface area contributed by atoms with Crippen molar-refractivity contribution < 1.29 is 9.53 Å². The molecule has 0 bridgehead atoms. The van der Waals surface area contributed by atoms with E-state index >= 15 is 0 Å². The number of hydrogen-bond acceptors (Lipinski definition) is 5. The van der Waals surface area contributed by atoms with Crippen LogP contribution in [0.5, 0.6) is 5.75 Å². The fraction of sp³-hybridized carbons (Fsp3) is 0.385. The van der Waals surface area contributed by atoms with E-state index in [0.717, 1.165) is 48.0 Å². The molecule has 3 heterocycles. The molecule has 1 aliphatic heterocycles. The molecule has 2 aliphatic rings. The zero-order valence-corrected chi connectivity index (χ0v) is 19.2. The first-order valence-electron chi connectivity index (χ1n) is 11.0. The van der Waals surface area contributed by atoms with E-state index in [1.54, 1.807) is 13.3 Å². The Morgan fingerprint density at radius 3 is 2.77 bits per heavy atom. The molecule has 2 aromatic heterocycles. The van der Waals surface area contributed by atoms with E-state index in [0.29, 0.717) is 11.1 Å². The largest absolute Gasteiger partial charge is 0.496 e. The number of ketones is 1. The van der Waals surface area contributed by atoms with Crippen LogP contribution in [-0.2, 0) is 13.0 Å². The second-order valence-electron chi connectivity index (χ2n) is 8.86. The lowest BCUT2D eigenvalue weighted by Crippen LogP contribution is -2.31. The molecule has 5 heteroatoms. The molecule has 1 saturated carbocycles. The van der Waals surface area contributed by atoms with Crippen LogP contribution in [-0.4, -0.2) is 35.9 Å². The highest BCUT2D eigenvalue weighted by Gasteiger charge is 2.27. The van der Waals surface area contributed by atoms with Gasteiger partial charge in [-0.15, -0.1) is 11.3 Å². The highest BCUT2D eigenvalue weighted by molar-refractivity contribution is 7.15. The summed E-state index contributed by atoms with van der Waals surface area (Å²) in [6.45, 7) is 7.32. The Hall–Kier alpha value is -2.50. The molecule has 0 spiro atoms. The van der Waals surface area contributed by atoms with Gasteiger partial charge in [0, 0.05) is 58.0 Å². The number of hydrogen-bond donors (Lipinski definition) is 0. The highest BCUT2D eigenvalue weighted by Crippen LogP contribution is 2.39. The third-order valence-electron chi connectivity index (χ3n) is 6.44. The molecular formula is C26H28N2O2S. The molecule has 4 nitrogen and oxygen atoms in total. The maximum absolute atomic E-state index is 13.3. The summed E-state index contributed by atoms with van der Waals surface area (Å²) in [5, 5.41) is 0. The fourth-order valence-corrected chi connectivity index (χ4v) is 5.54. The van der Waals surface area contributed by atoms with Gasteiger partial charge in [0.1, 0.15) is 5.75 Å². The van der Waals surface area contributed by atoms with Gasteiger partial charge in [0.05, 0.1) is 7.11 Å². The number of carbonyl (C=O) groups excluding carboxylic acids is 1. The van der Waals surface area contributed by atoms with Crippen LogP contribution in [0.15, 0.2) is 36.5 Å². The minimum Gasteiger partial charge on any atom is -0.496 e. The second-order valence-corrected chi connectivity index (χ2v) is 9.99. The molecule has 160 valence electrons. The molecule has 0 saturated heterocycles. The Morgan fingerprint density at radius 2 is 2.06 bits per heavy atom. The summed E-state index contributed by atoms with van der Waals surface area (Å²) < 4.78 is 5.65. The third kappa shape index (κ3) is 4.17. The second kappa shape index (κ2) is 8.21. The Labute approximate surface area is 187 Å². The fourth-order valence-electron chi connectivity index (χ4n) is 4.39. The van der Waals surface area contributed by atoms with Gasteiger partial charge < -0.3 is 4.74 Å². The average Bonchev–Trinajstić information content (AvgIpc) is 3.49. The molecule has 3 aromatic rings. The van der Waals surface area contributed by atoms with E-state index in [4.69, 9.17) is 4.74 Å². The van der Waals surface area contributed by atoms with E-state index in [1.807, 2.05) is 43.4 Å². The van der Waals surface area contributed by atoms with Gasteiger partial charge in [0.25, 0.3) is 0 Å². The van der Waals surface area contributed by atoms with Crippen molar-refractivity contribution in [3.8, 4) is 16.2 Å². The molecule has 1 aliphatic carbocycles. The maximum atomic E-state index is 13.3. The van der Waals surface area contributed by atoms with Gasteiger partial charge in [0.15, 0.2) is 5.78 Å². The van der Waals surface area contributed by atoms with Crippen LogP contribution >= 0.6 is 11.3 Å². The highest BCUT2D eigenvalue weighted by atomic mass is 32.1. The minimum atomic E-state index is -0.0120. The van der Waals surface area contributed by atoms with E-state index < -0.39 is 0 Å². The number of thiophene rings is 1. The standard InChI is InChI=1S/C26H28N2O2S/c1-16-4-7-19(13-27-16)26(29)22-10-20(11-23(30-3)17(22)2)25-12-21-15-28(14-18-5-6-18)9-8-24(21)31-25/h4,7,10-13,18H,5-6,8-9,14-15H2,1-3H3. The SMILES string of the molecule is COc1cc(-c2cc3c(s2)CCN(CC2CC2)C3)cc(C(=O)c2ccc(C)nc2)c1C. The van der Waals surface area contributed by atoms with Gasteiger partial charge >= 0.3 is 0 Å². The Balaban J connectivity index is 1.48. The zero-order chi connectivity index (χ0) is 21.5. The zero-order valence-electron chi connectivity index (χ0n) is 18.4. The first kappa shape index (κ1) is 20.4. The lowest BCUT2D eigenvalue weighted by Gasteiger charge is -2.26. The van der Waals surface area contributed by atoms with Crippen LogP contribution < -0.4 is 4.74 Å². The number of ether oxygens (including phenoxy) is 1. The number of methoxy groups -OCH3 is 1.